The lowest BCUT2D eigenvalue weighted by molar-refractivity contribution is 0.282. The van der Waals surface area contributed by atoms with Crippen molar-refractivity contribution in [1.82, 2.24) is 0 Å². The summed E-state index contributed by atoms with van der Waals surface area (Å²) in [6, 6.07) is 25.6. The molecule has 0 bridgehead atoms. The Bertz CT molecular complexity index is 977. The Morgan fingerprint density at radius 1 is 1.04 bits per heavy atom. The molecule has 0 atom stereocenters. The number of allylic oxidation sites excluding steroid dienone is 1. The molecule has 0 saturated heterocycles. The van der Waals surface area contributed by atoms with Crippen molar-refractivity contribution in [3.8, 4) is 17.6 Å². The Hall–Kier alpha value is -3.03. The van der Waals surface area contributed by atoms with Crippen molar-refractivity contribution in [2.75, 3.05) is 7.11 Å². The minimum absolute atomic E-state index is 0.443. The van der Waals surface area contributed by atoms with Crippen LogP contribution in [0.2, 0.25) is 0 Å². The first-order valence-corrected chi connectivity index (χ1v) is 9.22. The van der Waals surface area contributed by atoms with Gasteiger partial charge < -0.3 is 9.47 Å². The highest BCUT2D eigenvalue weighted by Crippen LogP contribution is 2.38. The minimum Gasteiger partial charge on any atom is -0.493 e. The van der Waals surface area contributed by atoms with E-state index in [0.717, 1.165) is 21.2 Å². The van der Waals surface area contributed by atoms with Crippen LogP contribution in [0.3, 0.4) is 0 Å². The molecule has 3 rings (SSSR count). The van der Waals surface area contributed by atoms with Gasteiger partial charge in [-0.1, -0.05) is 60.7 Å². The zero-order chi connectivity index (χ0) is 19.1. The number of nitriles is 1. The molecule has 4 heteroatoms. The monoisotopic (exact) mass is 419 g/mol. The number of methoxy groups -OCH3 is 1. The van der Waals surface area contributed by atoms with E-state index in [1.54, 1.807) is 7.11 Å². The highest BCUT2D eigenvalue weighted by molar-refractivity contribution is 9.10. The zero-order valence-corrected chi connectivity index (χ0v) is 16.4. The number of ether oxygens (including phenoxy) is 2. The summed E-state index contributed by atoms with van der Waals surface area (Å²) in [5.74, 6) is 1.24. The molecule has 3 nitrogen and oxygen atoms in total. The van der Waals surface area contributed by atoms with Crippen molar-refractivity contribution in [2.24, 2.45) is 0 Å². The van der Waals surface area contributed by atoms with Crippen LogP contribution in [0.25, 0.3) is 11.6 Å². The first-order valence-electron chi connectivity index (χ1n) is 8.42. The number of hydrogen-bond acceptors (Lipinski definition) is 3. The van der Waals surface area contributed by atoms with E-state index in [1.807, 2.05) is 78.9 Å². The van der Waals surface area contributed by atoms with Crippen LogP contribution in [-0.4, -0.2) is 7.11 Å². The van der Waals surface area contributed by atoms with Gasteiger partial charge >= 0.3 is 0 Å². The summed E-state index contributed by atoms with van der Waals surface area (Å²) in [6.45, 7) is 0.443. The molecule has 27 heavy (non-hydrogen) atoms. The largest absolute Gasteiger partial charge is 0.493 e. The average molecular weight is 420 g/mol. The van der Waals surface area contributed by atoms with Crippen LogP contribution in [0.15, 0.2) is 77.3 Å². The van der Waals surface area contributed by atoms with E-state index in [9.17, 15) is 5.26 Å². The average Bonchev–Trinajstić information content (AvgIpc) is 2.72. The molecule has 0 heterocycles. The van der Waals surface area contributed by atoms with Gasteiger partial charge in [-0.2, -0.15) is 5.26 Å². The van der Waals surface area contributed by atoms with Gasteiger partial charge in [-0.05, 0) is 50.8 Å². The lowest BCUT2D eigenvalue weighted by Crippen LogP contribution is -1.99. The van der Waals surface area contributed by atoms with Crippen molar-refractivity contribution >= 4 is 27.6 Å². The van der Waals surface area contributed by atoms with E-state index >= 15 is 0 Å². The van der Waals surface area contributed by atoms with E-state index in [0.29, 0.717) is 23.7 Å². The molecule has 0 unspecified atom stereocenters. The van der Waals surface area contributed by atoms with Gasteiger partial charge in [-0.3, -0.25) is 0 Å². The lowest BCUT2D eigenvalue weighted by atomic mass is 10.0. The Morgan fingerprint density at radius 2 is 1.70 bits per heavy atom. The van der Waals surface area contributed by atoms with E-state index in [-0.39, 0.29) is 0 Å². The number of halogens is 1. The van der Waals surface area contributed by atoms with Gasteiger partial charge in [0.15, 0.2) is 11.5 Å². The Labute approximate surface area is 167 Å². The molecule has 0 aliphatic heterocycles. The second-order valence-corrected chi connectivity index (χ2v) is 6.70. The fourth-order valence-electron chi connectivity index (χ4n) is 2.66. The van der Waals surface area contributed by atoms with Crippen molar-refractivity contribution in [3.63, 3.8) is 0 Å². The molecule has 0 aromatic heterocycles. The third-order valence-corrected chi connectivity index (χ3v) is 4.58. The van der Waals surface area contributed by atoms with E-state index < -0.39 is 0 Å². The standard InChI is InChI=1S/C23H18BrNO2/c1-26-22-14-18(12-20(15-25)19-10-6-3-7-11-19)13-21(24)23(22)27-16-17-8-4-2-5-9-17/h2-14H,16H2,1H3/b20-12-. The molecule has 3 aromatic carbocycles. The molecule has 0 aliphatic rings. The summed E-state index contributed by atoms with van der Waals surface area (Å²) >= 11 is 3.56. The van der Waals surface area contributed by atoms with Crippen LogP contribution in [0.4, 0.5) is 0 Å². The molecule has 3 aromatic rings. The normalized spacial score (nSPS) is 10.9. The van der Waals surface area contributed by atoms with Gasteiger partial charge in [0.25, 0.3) is 0 Å². The maximum atomic E-state index is 9.52. The summed E-state index contributed by atoms with van der Waals surface area (Å²) < 4.78 is 12.2. The molecular weight excluding hydrogens is 402 g/mol. The summed E-state index contributed by atoms with van der Waals surface area (Å²) in [5, 5.41) is 9.52. The van der Waals surface area contributed by atoms with E-state index in [4.69, 9.17) is 9.47 Å². The molecule has 0 amide bonds. The van der Waals surface area contributed by atoms with Gasteiger partial charge in [-0.25, -0.2) is 0 Å². The third kappa shape index (κ3) is 4.78. The van der Waals surface area contributed by atoms with Gasteiger partial charge in [0.05, 0.1) is 23.2 Å². The molecule has 0 saturated carbocycles. The molecule has 0 N–H and O–H groups in total. The highest BCUT2D eigenvalue weighted by atomic mass is 79.9. The predicted octanol–water partition coefficient (Wildman–Crippen LogP) is 6.10. The van der Waals surface area contributed by atoms with Crippen molar-refractivity contribution in [3.05, 3.63) is 94.0 Å². The maximum Gasteiger partial charge on any atom is 0.175 e. The first kappa shape index (κ1) is 18.8. The van der Waals surface area contributed by atoms with E-state index in [2.05, 4.69) is 22.0 Å². The smallest absolute Gasteiger partial charge is 0.175 e. The van der Waals surface area contributed by atoms with Crippen molar-refractivity contribution in [2.45, 2.75) is 6.61 Å². The first-order chi connectivity index (χ1) is 13.2. The van der Waals surface area contributed by atoms with Crippen LogP contribution in [0.1, 0.15) is 16.7 Å². The van der Waals surface area contributed by atoms with Crippen molar-refractivity contribution < 1.29 is 9.47 Å². The van der Waals surface area contributed by atoms with E-state index in [1.165, 1.54) is 0 Å². The number of nitrogens with zero attached hydrogens (tertiary/aromatic N) is 1. The zero-order valence-electron chi connectivity index (χ0n) is 14.9. The second-order valence-electron chi connectivity index (χ2n) is 5.84. The lowest BCUT2D eigenvalue weighted by Gasteiger charge is -2.14. The van der Waals surface area contributed by atoms with Crippen LogP contribution in [-0.2, 0) is 6.61 Å². The van der Waals surface area contributed by atoms with Crippen molar-refractivity contribution in [1.29, 1.82) is 5.26 Å². The summed E-state index contributed by atoms with van der Waals surface area (Å²) in [4.78, 5) is 0. The number of rotatable bonds is 6. The summed E-state index contributed by atoms with van der Waals surface area (Å²) in [6.07, 6.45) is 1.84. The van der Waals surface area contributed by atoms with Gasteiger partial charge in [0.2, 0.25) is 0 Å². The molecule has 134 valence electrons. The van der Waals surface area contributed by atoms with Gasteiger partial charge in [-0.15, -0.1) is 0 Å². The topological polar surface area (TPSA) is 42.2 Å². The molecular formula is C23H18BrNO2. The SMILES string of the molecule is COc1cc(/C=C(/C#N)c2ccccc2)cc(Br)c1OCc1ccccc1. The van der Waals surface area contributed by atoms with Crippen LogP contribution >= 0.6 is 15.9 Å². The fraction of sp³-hybridized carbons (Fsp3) is 0.0870. The van der Waals surface area contributed by atoms with Crippen LogP contribution in [0, 0.1) is 11.3 Å². The Morgan fingerprint density at radius 3 is 2.33 bits per heavy atom. The molecule has 0 fully saturated rings. The summed E-state index contributed by atoms with van der Waals surface area (Å²) in [5.41, 5.74) is 3.39. The number of hydrogen-bond donors (Lipinski definition) is 0. The van der Waals surface area contributed by atoms with Crippen LogP contribution < -0.4 is 9.47 Å². The van der Waals surface area contributed by atoms with Gasteiger partial charge in [0, 0.05) is 0 Å². The molecule has 0 aliphatic carbocycles. The fourth-order valence-corrected chi connectivity index (χ4v) is 3.23. The second kappa shape index (κ2) is 9.07. The quantitative estimate of drug-likeness (QED) is 0.357. The van der Waals surface area contributed by atoms with Gasteiger partial charge in [0.1, 0.15) is 6.61 Å². The molecule has 0 radical (unpaired) electrons. The third-order valence-electron chi connectivity index (χ3n) is 3.99. The predicted molar refractivity (Wildman–Crippen MR) is 111 cm³/mol. The highest BCUT2D eigenvalue weighted by Gasteiger charge is 2.12. The molecule has 0 spiro atoms. The Kier molecular flexibility index (Phi) is 6.30. The summed E-state index contributed by atoms with van der Waals surface area (Å²) in [7, 11) is 1.60. The maximum absolute atomic E-state index is 9.52. The Balaban J connectivity index is 1.89. The number of benzene rings is 3. The minimum atomic E-state index is 0.443. The van der Waals surface area contributed by atoms with Crippen LogP contribution in [0.5, 0.6) is 11.5 Å².